The zero-order valence-corrected chi connectivity index (χ0v) is 21.9. The van der Waals surface area contributed by atoms with Crippen LogP contribution in [0.1, 0.15) is 22.3 Å². The van der Waals surface area contributed by atoms with E-state index in [4.69, 9.17) is 9.47 Å². The predicted octanol–water partition coefficient (Wildman–Crippen LogP) is 4.98. The summed E-state index contributed by atoms with van der Waals surface area (Å²) in [5, 5.41) is 20.8. The highest BCUT2D eigenvalue weighted by Crippen LogP contribution is 2.17. The molecule has 0 aliphatic carbocycles. The van der Waals surface area contributed by atoms with Crippen molar-refractivity contribution in [3.8, 4) is 11.5 Å². The lowest BCUT2D eigenvalue weighted by molar-refractivity contribution is 0.0413. The molecule has 2 unspecified atom stereocenters. The number of aliphatic hydroxyl groups excluding tert-OH is 2. The molecule has 0 radical (unpaired) electrons. The van der Waals surface area contributed by atoms with Crippen molar-refractivity contribution >= 4 is 0 Å². The first-order valence-corrected chi connectivity index (χ1v) is 13.1. The summed E-state index contributed by atoms with van der Waals surface area (Å²) < 4.78 is 11.5. The number of hydrogen-bond acceptors (Lipinski definition) is 5. The van der Waals surface area contributed by atoms with Crippen LogP contribution in [-0.2, 0) is 12.8 Å². The van der Waals surface area contributed by atoms with E-state index < -0.39 is 12.2 Å². The Morgan fingerprint density at radius 1 is 0.526 bits per heavy atom. The Morgan fingerprint density at radius 3 is 1.24 bits per heavy atom. The number of likely N-dealkylation sites (N-methyl/N-ethyl adjacent to an activating group) is 1. The van der Waals surface area contributed by atoms with Gasteiger partial charge in [-0.05, 0) is 66.4 Å². The highest BCUT2D eigenvalue weighted by Gasteiger charge is 2.14. The molecule has 0 aliphatic rings. The third-order valence-corrected chi connectivity index (χ3v) is 6.28. The van der Waals surface area contributed by atoms with Crippen molar-refractivity contribution in [2.24, 2.45) is 0 Å². The number of rotatable bonds is 14. The minimum atomic E-state index is -0.672. The van der Waals surface area contributed by atoms with Gasteiger partial charge in [0.2, 0.25) is 0 Å². The third kappa shape index (κ3) is 9.34. The molecule has 0 aromatic heterocycles. The van der Waals surface area contributed by atoms with Crippen LogP contribution in [0.3, 0.4) is 0 Å². The van der Waals surface area contributed by atoms with Crippen molar-refractivity contribution in [1.82, 2.24) is 4.90 Å². The number of ether oxygens (including phenoxy) is 2. The van der Waals surface area contributed by atoms with E-state index in [0.29, 0.717) is 13.1 Å². The van der Waals surface area contributed by atoms with E-state index in [-0.39, 0.29) is 13.2 Å². The topological polar surface area (TPSA) is 62.2 Å². The fourth-order valence-corrected chi connectivity index (χ4v) is 4.35. The smallest absolute Gasteiger partial charge is 0.119 e. The van der Waals surface area contributed by atoms with Crippen molar-refractivity contribution in [2.45, 2.75) is 25.0 Å². The summed E-state index contributed by atoms with van der Waals surface area (Å²) in [7, 11) is 1.86. The Morgan fingerprint density at radius 2 is 0.868 bits per heavy atom. The SMILES string of the molecule is CN(CC(O)COc1ccc(Cc2ccccc2)cc1)CC(O)COc1ccc(Cc2ccccc2)cc1. The average Bonchev–Trinajstić information content (AvgIpc) is 2.93. The highest BCUT2D eigenvalue weighted by atomic mass is 16.5. The molecule has 0 saturated carbocycles. The maximum absolute atomic E-state index is 10.4. The Balaban J connectivity index is 1.12. The summed E-state index contributed by atoms with van der Waals surface area (Å²) in [6.07, 6.45) is 0.406. The van der Waals surface area contributed by atoms with Gasteiger partial charge in [-0.2, -0.15) is 0 Å². The first kappa shape index (κ1) is 27.4. The number of nitrogens with zero attached hydrogens (tertiary/aromatic N) is 1. The summed E-state index contributed by atoms with van der Waals surface area (Å²) in [6.45, 7) is 1.14. The van der Waals surface area contributed by atoms with E-state index in [1.165, 1.54) is 22.3 Å². The summed E-state index contributed by atoms with van der Waals surface area (Å²) in [6, 6.07) is 36.6. The van der Waals surface area contributed by atoms with Gasteiger partial charge < -0.3 is 24.6 Å². The third-order valence-electron chi connectivity index (χ3n) is 6.28. The molecular weight excluding hydrogens is 474 g/mol. The van der Waals surface area contributed by atoms with Crippen LogP contribution in [0.2, 0.25) is 0 Å². The quantitative estimate of drug-likeness (QED) is 0.250. The molecule has 0 heterocycles. The molecule has 0 bridgehead atoms. The van der Waals surface area contributed by atoms with Crippen LogP contribution in [0.5, 0.6) is 11.5 Å². The largest absolute Gasteiger partial charge is 0.491 e. The average molecular weight is 512 g/mol. The van der Waals surface area contributed by atoms with Gasteiger partial charge in [0.15, 0.2) is 0 Å². The second-order valence-electron chi connectivity index (χ2n) is 9.76. The summed E-state index contributed by atoms with van der Waals surface area (Å²) >= 11 is 0. The van der Waals surface area contributed by atoms with E-state index >= 15 is 0 Å². The summed E-state index contributed by atoms with van der Waals surface area (Å²) in [5.41, 5.74) is 4.96. The Bertz CT molecular complexity index is 1100. The number of hydrogen-bond donors (Lipinski definition) is 2. The second kappa shape index (κ2) is 14.3. The van der Waals surface area contributed by atoms with Crippen molar-refractivity contribution in [1.29, 1.82) is 0 Å². The molecule has 2 atom stereocenters. The number of benzene rings is 4. The molecule has 0 aliphatic heterocycles. The lowest BCUT2D eigenvalue weighted by Crippen LogP contribution is -2.39. The molecule has 5 heteroatoms. The van der Waals surface area contributed by atoms with Crippen LogP contribution in [0.15, 0.2) is 109 Å². The Labute approximate surface area is 225 Å². The van der Waals surface area contributed by atoms with Gasteiger partial charge in [0.05, 0.1) is 0 Å². The molecule has 38 heavy (non-hydrogen) atoms. The zero-order valence-electron chi connectivity index (χ0n) is 21.9. The fraction of sp³-hybridized carbons (Fsp3) is 0.273. The van der Waals surface area contributed by atoms with Crippen LogP contribution in [0, 0.1) is 0 Å². The van der Waals surface area contributed by atoms with E-state index in [9.17, 15) is 10.2 Å². The van der Waals surface area contributed by atoms with Gasteiger partial charge in [-0.25, -0.2) is 0 Å². The highest BCUT2D eigenvalue weighted by molar-refractivity contribution is 5.32. The molecule has 2 N–H and O–H groups in total. The van der Waals surface area contributed by atoms with E-state index in [1.54, 1.807) is 0 Å². The van der Waals surface area contributed by atoms with Gasteiger partial charge in [-0.3, -0.25) is 0 Å². The molecule has 4 rings (SSSR count). The molecular formula is C33H37NO4. The van der Waals surface area contributed by atoms with Gasteiger partial charge >= 0.3 is 0 Å². The van der Waals surface area contributed by atoms with Gasteiger partial charge in [0.1, 0.15) is 36.9 Å². The van der Waals surface area contributed by atoms with Gasteiger partial charge in [-0.1, -0.05) is 84.9 Å². The van der Waals surface area contributed by atoms with Crippen LogP contribution >= 0.6 is 0 Å². The van der Waals surface area contributed by atoms with Crippen molar-refractivity contribution < 1.29 is 19.7 Å². The predicted molar refractivity (Wildman–Crippen MR) is 152 cm³/mol. The molecule has 5 nitrogen and oxygen atoms in total. The minimum Gasteiger partial charge on any atom is -0.491 e. The van der Waals surface area contributed by atoms with Crippen LogP contribution < -0.4 is 9.47 Å². The molecule has 4 aromatic carbocycles. The van der Waals surface area contributed by atoms with Crippen LogP contribution in [-0.4, -0.2) is 60.7 Å². The Hall–Kier alpha value is -3.64. The first-order chi connectivity index (χ1) is 18.5. The van der Waals surface area contributed by atoms with Crippen LogP contribution in [0.4, 0.5) is 0 Å². The molecule has 4 aromatic rings. The van der Waals surface area contributed by atoms with Gasteiger partial charge in [-0.15, -0.1) is 0 Å². The first-order valence-electron chi connectivity index (χ1n) is 13.1. The van der Waals surface area contributed by atoms with Crippen LogP contribution in [0.25, 0.3) is 0 Å². The fourth-order valence-electron chi connectivity index (χ4n) is 4.35. The lowest BCUT2D eigenvalue weighted by atomic mass is 10.1. The zero-order chi connectivity index (χ0) is 26.6. The summed E-state index contributed by atoms with van der Waals surface area (Å²) in [4.78, 5) is 1.88. The molecule has 0 spiro atoms. The normalized spacial score (nSPS) is 12.7. The van der Waals surface area contributed by atoms with Gasteiger partial charge in [0, 0.05) is 13.1 Å². The van der Waals surface area contributed by atoms with Gasteiger partial charge in [0.25, 0.3) is 0 Å². The minimum absolute atomic E-state index is 0.185. The molecule has 0 saturated heterocycles. The summed E-state index contributed by atoms with van der Waals surface area (Å²) in [5.74, 6) is 1.46. The monoisotopic (exact) mass is 511 g/mol. The second-order valence-corrected chi connectivity index (χ2v) is 9.76. The maximum Gasteiger partial charge on any atom is 0.119 e. The van der Waals surface area contributed by atoms with Crippen molar-refractivity contribution in [3.05, 3.63) is 131 Å². The molecule has 198 valence electrons. The van der Waals surface area contributed by atoms with Crippen molar-refractivity contribution in [2.75, 3.05) is 33.4 Å². The number of aliphatic hydroxyl groups is 2. The van der Waals surface area contributed by atoms with E-state index in [1.807, 2.05) is 96.9 Å². The maximum atomic E-state index is 10.4. The Kier molecular flexibility index (Phi) is 10.3. The van der Waals surface area contributed by atoms with E-state index in [2.05, 4.69) is 24.3 Å². The van der Waals surface area contributed by atoms with Crippen molar-refractivity contribution in [3.63, 3.8) is 0 Å². The molecule has 0 fully saturated rings. The van der Waals surface area contributed by atoms with E-state index in [0.717, 1.165) is 24.3 Å². The standard InChI is InChI=1S/C33H37NO4/c1-34(22-30(35)24-37-32-16-12-28(13-17-32)20-26-8-4-2-5-9-26)23-31(36)25-38-33-18-14-29(15-19-33)21-27-10-6-3-7-11-27/h2-19,30-31,35-36H,20-25H2,1H3. The lowest BCUT2D eigenvalue weighted by Gasteiger charge is -2.23. The molecule has 0 amide bonds.